The molecule has 3 rings (SSSR count). The van der Waals surface area contributed by atoms with Gasteiger partial charge in [0.2, 0.25) is 0 Å². The minimum absolute atomic E-state index is 0.220. The van der Waals surface area contributed by atoms with Gasteiger partial charge in [-0.05, 0) is 18.2 Å². The van der Waals surface area contributed by atoms with E-state index in [-0.39, 0.29) is 5.56 Å². The molecular weight excluding hydrogens is 204 g/mol. The smallest absolute Gasteiger partial charge is 0.264 e. The number of rotatable bonds is 0. The molecule has 4 heteroatoms. The summed E-state index contributed by atoms with van der Waals surface area (Å²) < 4.78 is 5.43. The van der Waals surface area contributed by atoms with E-state index in [1.165, 1.54) is 6.07 Å². The summed E-state index contributed by atoms with van der Waals surface area (Å²) in [6.07, 6.45) is 3.30. The Labute approximate surface area is 91.2 Å². The van der Waals surface area contributed by atoms with Crippen molar-refractivity contribution in [1.82, 2.24) is 10.2 Å². The molecule has 1 aliphatic rings. The molecule has 2 aromatic rings. The molecule has 2 heterocycles. The van der Waals surface area contributed by atoms with Crippen LogP contribution in [0.4, 0.5) is 0 Å². The van der Waals surface area contributed by atoms with Gasteiger partial charge in [-0.25, -0.2) is 5.10 Å². The molecule has 78 valence electrons. The third-order valence-corrected chi connectivity index (χ3v) is 2.42. The van der Waals surface area contributed by atoms with Crippen LogP contribution in [0.1, 0.15) is 5.56 Å². The van der Waals surface area contributed by atoms with E-state index in [0.717, 1.165) is 22.6 Å². The first-order chi connectivity index (χ1) is 7.84. The molecule has 16 heavy (non-hydrogen) atoms. The van der Waals surface area contributed by atoms with Crippen LogP contribution in [-0.2, 0) is 0 Å². The standard InChI is InChI=1S/C12H8N2O2/c15-11-7-8-5-6-16-10-4-2-1-3-9(10)12(8)14-13-11/h1-7H,(H,13,15). The molecule has 0 fully saturated rings. The topological polar surface area (TPSA) is 55.0 Å². The van der Waals surface area contributed by atoms with Gasteiger partial charge in [-0.1, -0.05) is 12.1 Å². The molecule has 1 N–H and O–H groups in total. The molecule has 0 spiro atoms. The molecule has 0 radical (unpaired) electrons. The second-order valence-electron chi connectivity index (χ2n) is 3.45. The highest BCUT2D eigenvalue weighted by molar-refractivity contribution is 5.77. The van der Waals surface area contributed by atoms with Crippen LogP contribution in [0, 0.1) is 0 Å². The maximum absolute atomic E-state index is 11.2. The predicted octanol–water partition coefficient (Wildman–Crippen LogP) is 1.80. The van der Waals surface area contributed by atoms with E-state index in [2.05, 4.69) is 10.2 Å². The van der Waals surface area contributed by atoms with Crippen LogP contribution < -0.4 is 10.3 Å². The highest BCUT2D eigenvalue weighted by Crippen LogP contribution is 2.32. The summed E-state index contributed by atoms with van der Waals surface area (Å²) in [6.45, 7) is 0. The van der Waals surface area contributed by atoms with Gasteiger partial charge in [-0.2, -0.15) is 5.10 Å². The molecule has 0 atom stereocenters. The van der Waals surface area contributed by atoms with Gasteiger partial charge in [0.05, 0.1) is 6.26 Å². The average molecular weight is 212 g/mol. The van der Waals surface area contributed by atoms with Crippen molar-refractivity contribution in [2.24, 2.45) is 0 Å². The molecule has 0 aliphatic carbocycles. The Hall–Kier alpha value is -2.36. The highest BCUT2D eigenvalue weighted by atomic mass is 16.5. The lowest BCUT2D eigenvalue weighted by molar-refractivity contribution is 0.488. The van der Waals surface area contributed by atoms with Crippen LogP contribution in [0.3, 0.4) is 0 Å². The third-order valence-electron chi connectivity index (χ3n) is 2.42. The molecule has 4 nitrogen and oxygen atoms in total. The van der Waals surface area contributed by atoms with E-state index in [0.29, 0.717) is 0 Å². The molecule has 0 saturated heterocycles. The van der Waals surface area contributed by atoms with Gasteiger partial charge in [0.15, 0.2) is 0 Å². The normalized spacial score (nSPS) is 12.2. The number of aromatic amines is 1. The Morgan fingerprint density at radius 2 is 2.12 bits per heavy atom. The number of nitrogens with one attached hydrogen (secondary N) is 1. The summed E-state index contributed by atoms with van der Waals surface area (Å²) in [4.78, 5) is 11.2. The quantitative estimate of drug-likeness (QED) is 0.724. The zero-order valence-electron chi connectivity index (χ0n) is 8.31. The molecule has 0 saturated carbocycles. The largest absolute Gasteiger partial charge is 0.464 e. The molecule has 0 amide bonds. The molecule has 1 aromatic carbocycles. The zero-order chi connectivity index (χ0) is 11.0. The van der Waals surface area contributed by atoms with Gasteiger partial charge in [0.1, 0.15) is 11.4 Å². The Morgan fingerprint density at radius 3 is 3.06 bits per heavy atom. The number of hydrogen-bond donors (Lipinski definition) is 1. The molecule has 1 aromatic heterocycles. The van der Waals surface area contributed by atoms with Gasteiger partial charge in [0.25, 0.3) is 5.56 Å². The zero-order valence-corrected chi connectivity index (χ0v) is 8.31. The first-order valence-corrected chi connectivity index (χ1v) is 4.87. The van der Waals surface area contributed by atoms with Crippen LogP contribution in [0.25, 0.3) is 17.3 Å². The van der Waals surface area contributed by atoms with Crippen LogP contribution in [-0.4, -0.2) is 10.2 Å². The van der Waals surface area contributed by atoms with Crippen molar-refractivity contribution in [3.63, 3.8) is 0 Å². The van der Waals surface area contributed by atoms with Crippen molar-refractivity contribution >= 4 is 6.08 Å². The lowest BCUT2D eigenvalue weighted by atomic mass is 10.1. The predicted molar refractivity (Wildman–Crippen MR) is 60.0 cm³/mol. The second-order valence-corrected chi connectivity index (χ2v) is 3.45. The molecule has 0 unspecified atom stereocenters. The van der Waals surface area contributed by atoms with Gasteiger partial charge in [-0.3, -0.25) is 4.79 Å². The second kappa shape index (κ2) is 3.34. The summed E-state index contributed by atoms with van der Waals surface area (Å²) in [7, 11) is 0. The van der Waals surface area contributed by atoms with Crippen LogP contribution >= 0.6 is 0 Å². The number of fused-ring (bicyclic) bond motifs is 3. The highest BCUT2D eigenvalue weighted by Gasteiger charge is 2.13. The third kappa shape index (κ3) is 1.32. The van der Waals surface area contributed by atoms with Crippen LogP contribution in [0.5, 0.6) is 5.75 Å². The van der Waals surface area contributed by atoms with Gasteiger partial charge < -0.3 is 4.74 Å². The number of nitrogens with zero attached hydrogens (tertiary/aromatic N) is 1. The number of H-pyrrole nitrogens is 1. The number of ether oxygens (including phenoxy) is 1. The summed E-state index contributed by atoms with van der Waals surface area (Å²) >= 11 is 0. The Balaban J connectivity index is 2.35. The number of aromatic nitrogens is 2. The molecule has 0 bridgehead atoms. The van der Waals surface area contributed by atoms with Crippen molar-refractivity contribution in [3.8, 4) is 17.0 Å². The van der Waals surface area contributed by atoms with Crippen molar-refractivity contribution in [2.45, 2.75) is 0 Å². The van der Waals surface area contributed by atoms with E-state index in [9.17, 15) is 4.79 Å². The monoisotopic (exact) mass is 212 g/mol. The van der Waals surface area contributed by atoms with Crippen molar-refractivity contribution in [2.75, 3.05) is 0 Å². The van der Waals surface area contributed by atoms with Gasteiger partial charge >= 0.3 is 0 Å². The van der Waals surface area contributed by atoms with Crippen molar-refractivity contribution in [1.29, 1.82) is 0 Å². The van der Waals surface area contributed by atoms with Crippen molar-refractivity contribution in [3.05, 3.63) is 52.5 Å². The van der Waals surface area contributed by atoms with Gasteiger partial charge in [0, 0.05) is 17.2 Å². The maximum atomic E-state index is 11.2. The fourth-order valence-electron chi connectivity index (χ4n) is 1.71. The summed E-state index contributed by atoms with van der Waals surface area (Å²) in [5.41, 5.74) is 2.14. The summed E-state index contributed by atoms with van der Waals surface area (Å²) in [5, 5.41) is 6.48. The summed E-state index contributed by atoms with van der Waals surface area (Å²) in [6, 6.07) is 9.08. The number of benzene rings is 1. The minimum atomic E-state index is -0.220. The van der Waals surface area contributed by atoms with Crippen molar-refractivity contribution < 1.29 is 4.74 Å². The van der Waals surface area contributed by atoms with E-state index >= 15 is 0 Å². The summed E-state index contributed by atoms with van der Waals surface area (Å²) in [5.74, 6) is 0.733. The number of para-hydroxylation sites is 1. The Morgan fingerprint density at radius 1 is 1.25 bits per heavy atom. The molecular formula is C12H8N2O2. The maximum Gasteiger partial charge on any atom is 0.264 e. The van der Waals surface area contributed by atoms with Crippen LogP contribution in [0.2, 0.25) is 0 Å². The fraction of sp³-hybridized carbons (Fsp3) is 0. The number of hydrogen-bond acceptors (Lipinski definition) is 3. The first kappa shape index (κ1) is 8.91. The average Bonchev–Trinajstić information content (AvgIpc) is 2.47. The SMILES string of the molecule is O=c1cc2c(n[nH]1)-c1ccccc1OC=C2. The van der Waals surface area contributed by atoms with E-state index in [1.54, 1.807) is 12.3 Å². The minimum Gasteiger partial charge on any atom is -0.464 e. The Bertz CT molecular complexity index is 629. The van der Waals surface area contributed by atoms with Gasteiger partial charge in [-0.15, -0.1) is 0 Å². The molecule has 1 aliphatic heterocycles. The first-order valence-electron chi connectivity index (χ1n) is 4.87. The lowest BCUT2D eigenvalue weighted by Gasteiger charge is -2.05. The van der Waals surface area contributed by atoms with E-state index in [4.69, 9.17) is 4.74 Å². The van der Waals surface area contributed by atoms with Crippen LogP contribution in [0.15, 0.2) is 41.4 Å². The lowest BCUT2D eigenvalue weighted by Crippen LogP contribution is -2.08. The fourth-order valence-corrected chi connectivity index (χ4v) is 1.71. The van der Waals surface area contributed by atoms with E-state index < -0.39 is 0 Å². The van der Waals surface area contributed by atoms with E-state index in [1.807, 2.05) is 24.3 Å². The Kier molecular flexibility index (Phi) is 1.86.